The van der Waals surface area contributed by atoms with Crippen molar-refractivity contribution in [3.63, 3.8) is 0 Å². The summed E-state index contributed by atoms with van der Waals surface area (Å²) in [6, 6.07) is 6.97. The quantitative estimate of drug-likeness (QED) is 0.802. The molecule has 8 heteroatoms. The number of nitrogens with one attached hydrogen (secondary N) is 1. The molecule has 0 bridgehead atoms. The van der Waals surface area contributed by atoms with E-state index in [1.54, 1.807) is 18.3 Å². The number of nitrogens with zero attached hydrogens (tertiary/aromatic N) is 1. The second-order valence-corrected chi connectivity index (χ2v) is 8.61. The molecule has 0 aliphatic heterocycles. The fourth-order valence-corrected chi connectivity index (χ4v) is 4.00. The first kappa shape index (κ1) is 19.7. The van der Waals surface area contributed by atoms with E-state index in [-0.39, 0.29) is 18.6 Å². The first-order chi connectivity index (χ1) is 12.8. The van der Waals surface area contributed by atoms with Crippen LogP contribution in [0.25, 0.3) is 0 Å². The summed E-state index contributed by atoms with van der Waals surface area (Å²) in [5.41, 5.74) is 1.62. The van der Waals surface area contributed by atoms with Gasteiger partial charge in [0.1, 0.15) is 11.6 Å². The van der Waals surface area contributed by atoms with Crippen molar-refractivity contribution >= 4 is 15.7 Å². The Balaban J connectivity index is 1.56. The van der Waals surface area contributed by atoms with Crippen LogP contribution >= 0.6 is 0 Å². The maximum atomic E-state index is 13.4. The van der Waals surface area contributed by atoms with Gasteiger partial charge in [0, 0.05) is 12.3 Å². The molecule has 0 saturated heterocycles. The fraction of sp³-hybridized carbons (Fsp3) is 0.421. The average molecular weight is 396 g/mol. The average Bonchev–Trinajstić information content (AvgIpc) is 2.59. The summed E-state index contributed by atoms with van der Waals surface area (Å²) in [5.74, 6) is -0.985. The summed E-state index contributed by atoms with van der Waals surface area (Å²) >= 11 is 0. The normalized spacial score (nSPS) is 20.4. The van der Waals surface area contributed by atoms with Crippen LogP contribution in [0.15, 0.2) is 36.5 Å². The molecule has 1 aliphatic carbocycles. The van der Waals surface area contributed by atoms with E-state index in [0.29, 0.717) is 16.9 Å². The van der Waals surface area contributed by atoms with Crippen molar-refractivity contribution in [2.45, 2.75) is 44.3 Å². The Kier molecular flexibility index (Phi) is 6.06. The molecule has 1 N–H and O–H groups in total. The third kappa shape index (κ3) is 5.71. The summed E-state index contributed by atoms with van der Waals surface area (Å²) in [7, 11) is -3.39. The molecule has 0 unspecified atom stereocenters. The first-order valence-corrected chi connectivity index (χ1v) is 10.7. The molecule has 1 heterocycles. The first-order valence-electron chi connectivity index (χ1n) is 8.79. The number of anilines is 1. The topological polar surface area (TPSA) is 68.3 Å². The standard InChI is InChI=1S/C19H22F2N2O3S/c1-27(24,25)23-18-3-2-8-22-19(18)12-26-17-6-4-13(5-7-17)14-9-15(20)11-16(21)10-14/h2-3,8-11,13,17,23H,4-7,12H2,1H3/t13-,17+. The number of halogens is 2. The lowest BCUT2D eigenvalue weighted by molar-refractivity contribution is 0.0120. The number of sulfonamides is 1. The lowest BCUT2D eigenvalue weighted by Gasteiger charge is -2.29. The van der Waals surface area contributed by atoms with Gasteiger partial charge in [-0.1, -0.05) is 0 Å². The second-order valence-electron chi connectivity index (χ2n) is 6.86. The van der Waals surface area contributed by atoms with Crippen LogP contribution in [0.3, 0.4) is 0 Å². The van der Waals surface area contributed by atoms with E-state index >= 15 is 0 Å². The van der Waals surface area contributed by atoms with Gasteiger partial charge in [-0.15, -0.1) is 0 Å². The summed E-state index contributed by atoms with van der Waals surface area (Å²) < 4.78 is 58.0. The zero-order valence-corrected chi connectivity index (χ0v) is 15.8. The van der Waals surface area contributed by atoms with Crippen LogP contribution in [-0.2, 0) is 21.4 Å². The molecular weight excluding hydrogens is 374 g/mol. The number of hydrogen-bond acceptors (Lipinski definition) is 4. The second kappa shape index (κ2) is 8.31. The Bertz CT molecular complexity index is 877. The van der Waals surface area contributed by atoms with Crippen molar-refractivity contribution in [1.29, 1.82) is 0 Å². The van der Waals surface area contributed by atoms with Crippen LogP contribution < -0.4 is 4.72 Å². The monoisotopic (exact) mass is 396 g/mol. The SMILES string of the molecule is CS(=O)(=O)Nc1cccnc1CO[C@H]1CC[C@@H](c2cc(F)cc(F)c2)CC1. The molecule has 0 radical (unpaired) electrons. The smallest absolute Gasteiger partial charge is 0.229 e. The summed E-state index contributed by atoms with van der Waals surface area (Å²) in [6.45, 7) is 0.197. The largest absolute Gasteiger partial charge is 0.372 e. The molecule has 1 aromatic carbocycles. The van der Waals surface area contributed by atoms with Crippen molar-refractivity contribution in [2.24, 2.45) is 0 Å². The van der Waals surface area contributed by atoms with Gasteiger partial charge in [0.25, 0.3) is 0 Å². The van der Waals surface area contributed by atoms with Gasteiger partial charge < -0.3 is 4.74 Å². The predicted octanol–water partition coefficient (Wildman–Crippen LogP) is 3.97. The van der Waals surface area contributed by atoms with E-state index in [1.165, 1.54) is 12.1 Å². The molecule has 2 aromatic rings. The number of aromatic nitrogens is 1. The maximum Gasteiger partial charge on any atom is 0.229 e. The Morgan fingerprint density at radius 1 is 1.15 bits per heavy atom. The highest BCUT2D eigenvalue weighted by molar-refractivity contribution is 7.92. The zero-order chi connectivity index (χ0) is 19.4. The third-order valence-corrected chi connectivity index (χ3v) is 5.26. The number of pyridine rings is 1. The van der Waals surface area contributed by atoms with E-state index in [0.717, 1.165) is 38.0 Å². The number of benzene rings is 1. The van der Waals surface area contributed by atoms with Crippen LogP contribution in [0, 0.1) is 11.6 Å². The number of ether oxygens (including phenoxy) is 1. The van der Waals surface area contributed by atoms with Crippen LogP contribution in [0.4, 0.5) is 14.5 Å². The molecule has 0 spiro atoms. The molecule has 0 atom stereocenters. The van der Waals surface area contributed by atoms with Crippen LogP contribution in [-0.4, -0.2) is 25.8 Å². The maximum absolute atomic E-state index is 13.4. The molecule has 5 nitrogen and oxygen atoms in total. The molecule has 1 fully saturated rings. The Morgan fingerprint density at radius 2 is 1.81 bits per heavy atom. The van der Waals surface area contributed by atoms with E-state index in [2.05, 4.69) is 9.71 Å². The third-order valence-electron chi connectivity index (χ3n) is 4.67. The van der Waals surface area contributed by atoms with Gasteiger partial charge >= 0.3 is 0 Å². The minimum Gasteiger partial charge on any atom is -0.372 e. The van der Waals surface area contributed by atoms with Crippen LogP contribution in [0.1, 0.15) is 42.9 Å². The predicted molar refractivity (Wildman–Crippen MR) is 98.8 cm³/mol. The van der Waals surface area contributed by atoms with Gasteiger partial charge in [-0.25, -0.2) is 17.2 Å². The Labute approximate surface area is 157 Å². The minimum atomic E-state index is -3.39. The Hall–Kier alpha value is -2.06. The van der Waals surface area contributed by atoms with Crippen molar-refractivity contribution in [3.05, 3.63) is 59.4 Å². The van der Waals surface area contributed by atoms with E-state index in [1.807, 2.05) is 0 Å². The summed E-state index contributed by atoms with van der Waals surface area (Å²) in [4.78, 5) is 4.19. The molecule has 27 heavy (non-hydrogen) atoms. The summed E-state index contributed by atoms with van der Waals surface area (Å²) in [6.07, 6.45) is 5.78. The van der Waals surface area contributed by atoms with Gasteiger partial charge in [0.15, 0.2) is 0 Å². The lowest BCUT2D eigenvalue weighted by atomic mass is 9.82. The van der Waals surface area contributed by atoms with Crippen molar-refractivity contribution in [2.75, 3.05) is 11.0 Å². The van der Waals surface area contributed by atoms with Crippen molar-refractivity contribution in [3.8, 4) is 0 Å². The van der Waals surface area contributed by atoms with Gasteiger partial charge in [-0.3, -0.25) is 9.71 Å². The Morgan fingerprint density at radius 3 is 2.44 bits per heavy atom. The zero-order valence-electron chi connectivity index (χ0n) is 15.0. The molecule has 3 rings (SSSR count). The molecule has 0 amide bonds. The molecule has 1 saturated carbocycles. The van der Waals surface area contributed by atoms with Crippen LogP contribution in [0.2, 0.25) is 0 Å². The van der Waals surface area contributed by atoms with Gasteiger partial charge in [-0.2, -0.15) is 0 Å². The van der Waals surface area contributed by atoms with E-state index < -0.39 is 21.7 Å². The highest BCUT2D eigenvalue weighted by atomic mass is 32.2. The van der Waals surface area contributed by atoms with E-state index in [4.69, 9.17) is 4.74 Å². The van der Waals surface area contributed by atoms with Crippen molar-refractivity contribution in [1.82, 2.24) is 4.98 Å². The van der Waals surface area contributed by atoms with Gasteiger partial charge in [-0.05, 0) is 61.4 Å². The highest BCUT2D eigenvalue weighted by Gasteiger charge is 2.24. The van der Waals surface area contributed by atoms with Gasteiger partial charge in [0.2, 0.25) is 10.0 Å². The lowest BCUT2D eigenvalue weighted by Crippen LogP contribution is -2.21. The summed E-state index contributed by atoms with van der Waals surface area (Å²) in [5, 5.41) is 0. The molecule has 146 valence electrons. The molecular formula is C19H22F2N2O3S. The van der Waals surface area contributed by atoms with E-state index in [9.17, 15) is 17.2 Å². The highest BCUT2D eigenvalue weighted by Crippen LogP contribution is 2.35. The number of hydrogen-bond donors (Lipinski definition) is 1. The molecule has 1 aliphatic rings. The fourth-order valence-electron chi connectivity index (χ4n) is 3.42. The van der Waals surface area contributed by atoms with Crippen LogP contribution in [0.5, 0.6) is 0 Å². The number of rotatable bonds is 6. The van der Waals surface area contributed by atoms with Crippen molar-refractivity contribution < 1.29 is 21.9 Å². The van der Waals surface area contributed by atoms with Gasteiger partial charge in [0.05, 0.1) is 30.3 Å². The molecule has 1 aromatic heterocycles. The minimum absolute atomic E-state index is 0.00717.